The van der Waals surface area contributed by atoms with Gasteiger partial charge in [-0.05, 0) is 90.5 Å². The van der Waals surface area contributed by atoms with E-state index in [0.29, 0.717) is 5.56 Å². The van der Waals surface area contributed by atoms with E-state index in [-0.39, 0.29) is 21.3 Å². The van der Waals surface area contributed by atoms with Crippen LogP contribution in [0.2, 0.25) is 10.0 Å². The van der Waals surface area contributed by atoms with Crippen molar-refractivity contribution >= 4 is 75.4 Å². The van der Waals surface area contributed by atoms with E-state index in [2.05, 4.69) is 27.9 Å². The van der Waals surface area contributed by atoms with Crippen molar-refractivity contribution in [1.82, 2.24) is 9.88 Å². The number of imide groups is 2. The number of rotatable bonds is 3. The van der Waals surface area contributed by atoms with Gasteiger partial charge in [0.1, 0.15) is 5.57 Å². The maximum atomic E-state index is 13.2. The zero-order valence-electron chi connectivity index (χ0n) is 16.9. The summed E-state index contributed by atoms with van der Waals surface area (Å²) in [5.74, 6) is -1.55. The van der Waals surface area contributed by atoms with Gasteiger partial charge in [-0.15, -0.1) is 0 Å². The molecule has 1 saturated heterocycles. The third kappa shape index (κ3) is 3.96. The van der Waals surface area contributed by atoms with E-state index in [1.54, 1.807) is 12.1 Å². The normalized spacial score (nSPS) is 15.5. The minimum Gasteiger partial charge on any atom is -0.318 e. The molecule has 0 radical (unpaired) electrons. The van der Waals surface area contributed by atoms with Gasteiger partial charge in [-0.25, -0.2) is 9.69 Å². The van der Waals surface area contributed by atoms with Gasteiger partial charge in [-0.3, -0.25) is 14.9 Å². The van der Waals surface area contributed by atoms with E-state index in [1.165, 1.54) is 12.1 Å². The summed E-state index contributed by atoms with van der Waals surface area (Å²) in [6.07, 6.45) is 1.49. The minimum absolute atomic E-state index is 0.0447. The van der Waals surface area contributed by atoms with Crippen LogP contribution < -0.4 is 10.2 Å². The summed E-state index contributed by atoms with van der Waals surface area (Å²) >= 11 is 14.5. The highest BCUT2D eigenvalue weighted by Gasteiger charge is 2.38. The number of benzene rings is 2. The van der Waals surface area contributed by atoms with Gasteiger partial charge < -0.3 is 4.57 Å². The molecule has 32 heavy (non-hydrogen) atoms. The van der Waals surface area contributed by atoms with Gasteiger partial charge in [0.05, 0.1) is 15.7 Å². The maximum Gasteiger partial charge on any atom is 0.336 e. The van der Waals surface area contributed by atoms with Crippen molar-refractivity contribution in [3.63, 3.8) is 0 Å². The Morgan fingerprint density at radius 1 is 1.00 bits per heavy atom. The molecule has 0 unspecified atom stereocenters. The van der Waals surface area contributed by atoms with Crippen molar-refractivity contribution in [1.29, 1.82) is 0 Å². The van der Waals surface area contributed by atoms with Gasteiger partial charge in [0.25, 0.3) is 11.8 Å². The molecule has 0 bridgehead atoms. The van der Waals surface area contributed by atoms with Crippen LogP contribution in [-0.4, -0.2) is 22.4 Å². The van der Waals surface area contributed by atoms with Crippen molar-refractivity contribution < 1.29 is 14.4 Å². The summed E-state index contributed by atoms with van der Waals surface area (Å²) in [5, 5.41) is 2.44. The molecule has 0 atom stereocenters. The quantitative estimate of drug-likeness (QED) is 0.247. The fourth-order valence-electron chi connectivity index (χ4n) is 3.62. The number of barbiturate groups is 1. The molecule has 4 rings (SSSR count). The fourth-order valence-corrected chi connectivity index (χ4v) is 4.36. The Balaban J connectivity index is 1.78. The number of amides is 4. The number of aromatic nitrogens is 1. The molecule has 9 heteroatoms. The Kier molecular flexibility index (Phi) is 6.15. The number of carbonyl (C=O) groups excluding carboxylic acids is 3. The Bertz CT molecular complexity index is 1310. The molecule has 1 aromatic heterocycles. The van der Waals surface area contributed by atoms with Gasteiger partial charge in [-0.1, -0.05) is 29.3 Å². The predicted octanol–water partition coefficient (Wildman–Crippen LogP) is 5.67. The molecule has 1 fully saturated rings. The van der Waals surface area contributed by atoms with Crippen LogP contribution in [0.5, 0.6) is 0 Å². The third-order valence-corrected chi connectivity index (χ3v) is 6.66. The number of halogens is 3. The second-order valence-corrected chi connectivity index (χ2v) is 9.20. The number of urea groups is 1. The number of carbonyl (C=O) groups is 3. The van der Waals surface area contributed by atoms with E-state index in [9.17, 15) is 14.4 Å². The summed E-state index contributed by atoms with van der Waals surface area (Å²) in [5.41, 5.74) is 3.36. The summed E-state index contributed by atoms with van der Waals surface area (Å²) in [6, 6.07) is 13.6. The Morgan fingerprint density at radius 2 is 1.69 bits per heavy atom. The molecule has 4 amide bonds. The first-order valence-electron chi connectivity index (χ1n) is 9.49. The average Bonchev–Trinajstić information content (AvgIpc) is 3.02. The first-order valence-corrected chi connectivity index (χ1v) is 11.3. The van der Waals surface area contributed by atoms with Gasteiger partial charge in [0.2, 0.25) is 0 Å². The van der Waals surface area contributed by atoms with Gasteiger partial charge in [0.15, 0.2) is 0 Å². The molecule has 1 aliphatic heterocycles. The zero-order valence-corrected chi connectivity index (χ0v) is 20.6. The van der Waals surface area contributed by atoms with Gasteiger partial charge >= 0.3 is 6.03 Å². The lowest BCUT2D eigenvalue weighted by molar-refractivity contribution is -0.122. The third-order valence-electron chi connectivity index (χ3n) is 5.13. The van der Waals surface area contributed by atoms with Crippen molar-refractivity contribution in [3.05, 3.63) is 84.7 Å². The first kappa shape index (κ1) is 22.6. The molecule has 0 spiro atoms. The van der Waals surface area contributed by atoms with Crippen LogP contribution in [0.3, 0.4) is 0 Å². The second kappa shape index (κ2) is 8.73. The van der Waals surface area contributed by atoms with Crippen LogP contribution in [-0.2, 0) is 9.59 Å². The molecule has 6 nitrogen and oxygen atoms in total. The largest absolute Gasteiger partial charge is 0.336 e. The van der Waals surface area contributed by atoms with E-state index >= 15 is 0 Å². The Morgan fingerprint density at radius 3 is 2.38 bits per heavy atom. The lowest BCUT2D eigenvalue weighted by atomic mass is 10.1. The standard InChI is InChI=1S/C23H16Cl2IN3O3/c1-12-10-14(13(2)28(12)16-8-6-15(26)7-9-16)11-17-21(30)27-23(32)29(22(17)31)19-5-3-4-18(24)20(19)25/h3-11H,1-2H3,(H,27,30,32)/b17-11+. The lowest BCUT2D eigenvalue weighted by Crippen LogP contribution is -2.54. The first-order chi connectivity index (χ1) is 15.2. The minimum atomic E-state index is -0.884. The molecule has 162 valence electrons. The molecule has 2 heterocycles. The number of aryl methyl sites for hydroxylation is 1. The summed E-state index contributed by atoms with van der Waals surface area (Å²) in [6.45, 7) is 3.84. The lowest BCUT2D eigenvalue weighted by Gasteiger charge is -2.27. The van der Waals surface area contributed by atoms with Crippen molar-refractivity contribution in [2.75, 3.05) is 4.90 Å². The molecule has 0 aliphatic carbocycles. The molecular formula is C23H16Cl2IN3O3. The molecular weight excluding hydrogens is 564 g/mol. The van der Waals surface area contributed by atoms with Gasteiger partial charge in [0, 0.05) is 20.6 Å². The van der Waals surface area contributed by atoms with E-state index in [4.69, 9.17) is 23.2 Å². The second-order valence-electron chi connectivity index (χ2n) is 7.17. The van der Waals surface area contributed by atoms with Crippen molar-refractivity contribution in [2.24, 2.45) is 0 Å². The van der Waals surface area contributed by atoms with Crippen LogP contribution in [0.25, 0.3) is 11.8 Å². The SMILES string of the molecule is Cc1cc(/C=C2\C(=O)NC(=O)N(c3cccc(Cl)c3Cl)C2=O)c(C)n1-c1ccc(I)cc1. The van der Waals surface area contributed by atoms with Crippen molar-refractivity contribution in [3.8, 4) is 5.69 Å². The van der Waals surface area contributed by atoms with Crippen LogP contribution in [0, 0.1) is 17.4 Å². The molecule has 1 N–H and O–H groups in total. The molecule has 0 saturated carbocycles. The van der Waals surface area contributed by atoms with Crippen LogP contribution >= 0.6 is 45.8 Å². The Hall–Kier alpha value is -2.62. The molecule has 1 aliphatic rings. The number of anilines is 1. The van der Waals surface area contributed by atoms with E-state index < -0.39 is 17.8 Å². The fraction of sp³-hybridized carbons (Fsp3) is 0.0870. The van der Waals surface area contributed by atoms with Crippen LogP contribution in [0.1, 0.15) is 17.0 Å². The average molecular weight is 580 g/mol. The maximum absolute atomic E-state index is 13.2. The summed E-state index contributed by atoms with van der Waals surface area (Å²) in [7, 11) is 0. The van der Waals surface area contributed by atoms with Crippen LogP contribution in [0.15, 0.2) is 54.1 Å². The summed E-state index contributed by atoms with van der Waals surface area (Å²) in [4.78, 5) is 39.0. The van der Waals surface area contributed by atoms with E-state index in [1.807, 2.05) is 48.7 Å². The predicted molar refractivity (Wildman–Crippen MR) is 133 cm³/mol. The number of hydrogen-bond acceptors (Lipinski definition) is 3. The number of nitrogens with zero attached hydrogens (tertiary/aromatic N) is 2. The smallest absolute Gasteiger partial charge is 0.318 e. The summed E-state index contributed by atoms with van der Waals surface area (Å²) < 4.78 is 3.15. The highest BCUT2D eigenvalue weighted by Crippen LogP contribution is 2.34. The van der Waals surface area contributed by atoms with Gasteiger partial charge in [-0.2, -0.15) is 0 Å². The Labute approximate surface area is 207 Å². The molecule has 3 aromatic rings. The molecule has 2 aromatic carbocycles. The number of nitrogens with one attached hydrogen (secondary N) is 1. The monoisotopic (exact) mass is 579 g/mol. The number of hydrogen-bond donors (Lipinski definition) is 1. The van der Waals surface area contributed by atoms with Crippen molar-refractivity contribution in [2.45, 2.75) is 13.8 Å². The zero-order chi connectivity index (χ0) is 23.2. The topological polar surface area (TPSA) is 71.4 Å². The highest BCUT2D eigenvalue weighted by atomic mass is 127. The van der Waals surface area contributed by atoms with E-state index in [0.717, 1.165) is 25.5 Å². The highest BCUT2D eigenvalue weighted by molar-refractivity contribution is 14.1. The van der Waals surface area contributed by atoms with Crippen LogP contribution in [0.4, 0.5) is 10.5 Å².